The van der Waals surface area contributed by atoms with Crippen LogP contribution in [0.1, 0.15) is 0 Å². The number of carbonyl (C=O) groups is 2. The Hall–Kier alpha value is -2.04. The van der Waals surface area contributed by atoms with Gasteiger partial charge in [0.05, 0.1) is 11.4 Å². The van der Waals surface area contributed by atoms with Gasteiger partial charge < -0.3 is 10.6 Å². The van der Waals surface area contributed by atoms with Crippen LogP contribution in [-0.4, -0.2) is 25.5 Å². The van der Waals surface area contributed by atoms with Gasteiger partial charge in [-0.25, -0.2) is 4.79 Å². The van der Waals surface area contributed by atoms with Crippen molar-refractivity contribution in [3.05, 3.63) is 24.3 Å². The van der Waals surface area contributed by atoms with Crippen molar-refractivity contribution >= 4 is 23.8 Å². The third-order valence-corrected chi connectivity index (χ3v) is 2.27. The molecule has 1 aromatic carbocycles. The monoisotopic (exact) mass is 205 g/mol. The molecule has 0 unspecified atom stereocenters. The largest absolute Gasteiger partial charge is 0.336 e. The van der Waals surface area contributed by atoms with E-state index in [0.29, 0.717) is 25.2 Å². The second-order valence-corrected chi connectivity index (χ2v) is 3.16. The van der Waals surface area contributed by atoms with Gasteiger partial charge in [0, 0.05) is 13.1 Å². The average Bonchev–Trinajstić information content (AvgIpc) is 2.66. The fraction of sp³-hybridized carbons (Fsp3) is 0.200. The number of nitrogens with one attached hydrogen (secondary N) is 2. The van der Waals surface area contributed by atoms with Crippen molar-refractivity contribution in [2.24, 2.45) is 0 Å². The Morgan fingerprint density at radius 1 is 1.40 bits per heavy atom. The first kappa shape index (κ1) is 9.51. The van der Waals surface area contributed by atoms with Gasteiger partial charge in [0.25, 0.3) is 0 Å². The minimum absolute atomic E-state index is 0.129. The van der Waals surface area contributed by atoms with E-state index in [0.717, 1.165) is 5.69 Å². The van der Waals surface area contributed by atoms with Crippen molar-refractivity contribution in [1.82, 2.24) is 5.32 Å². The minimum atomic E-state index is -0.129. The molecule has 78 valence electrons. The molecule has 3 amide bonds. The highest BCUT2D eigenvalue weighted by molar-refractivity contribution is 5.98. The molecule has 0 aliphatic carbocycles. The highest BCUT2D eigenvalue weighted by atomic mass is 16.2. The van der Waals surface area contributed by atoms with E-state index in [9.17, 15) is 9.59 Å². The molecule has 2 N–H and O–H groups in total. The van der Waals surface area contributed by atoms with Gasteiger partial charge in [0.1, 0.15) is 0 Å². The zero-order chi connectivity index (χ0) is 10.7. The standard InChI is InChI=1S/C10H11N3O2/c14-7-12-8-3-1-2-4-9(8)13-6-5-11-10(13)15/h1-4,7H,5-6H2,(H,11,15)(H,12,14). The van der Waals surface area contributed by atoms with Crippen LogP contribution in [0.5, 0.6) is 0 Å². The number of amides is 3. The second kappa shape index (κ2) is 4.00. The Morgan fingerprint density at radius 2 is 2.20 bits per heavy atom. The van der Waals surface area contributed by atoms with E-state index < -0.39 is 0 Å². The van der Waals surface area contributed by atoms with Crippen LogP contribution >= 0.6 is 0 Å². The molecule has 1 aliphatic heterocycles. The van der Waals surface area contributed by atoms with Crippen LogP contribution in [-0.2, 0) is 4.79 Å². The van der Waals surface area contributed by atoms with E-state index in [1.165, 1.54) is 0 Å². The van der Waals surface area contributed by atoms with Gasteiger partial charge in [-0.15, -0.1) is 0 Å². The molecule has 0 aromatic heterocycles. The van der Waals surface area contributed by atoms with Gasteiger partial charge in [-0.3, -0.25) is 9.69 Å². The maximum Gasteiger partial charge on any atom is 0.322 e. The molecule has 1 aromatic rings. The summed E-state index contributed by atoms with van der Waals surface area (Å²) in [5.74, 6) is 0. The summed E-state index contributed by atoms with van der Waals surface area (Å²) in [6, 6.07) is 7.07. The number of benzene rings is 1. The molecule has 0 bridgehead atoms. The Bertz CT molecular complexity index is 392. The van der Waals surface area contributed by atoms with E-state index in [1.807, 2.05) is 12.1 Å². The molecule has 1 heterocycles. The summed E-state index contributed by atoms with van der Waals surface area (Å²) in [5.41, 5.74) is 1.36. The molecule has 5 nitrogen and oxygen atoms in total. The summed E-state index contributed by atoms with van der Waals surface area (Å²) in [6.07, 6.45) is 0.604. The first-order chi connectivity index (χ1) is 7.33. The Morgan fingerprint density at radius 3 is 2.87 bits per heavy atom. The SMILES string of the molecule is O=CNc1ccccc1N1CCNC1=O. The van der Waals surface area contributed by atoms with E-state index in [4.69, 9.17) is 0 Å². The van der Waals surface area contributed by atoms with E-state index in [2.05, 4.69) is 10.6 Å². The molecule has 5 heteroatoms. The minimum Gasteiger partial charge on any atom is -0.336 e. The lowest BCUT2D eigenvalue weighted by Crippen LogP contribution is -2.28. The Labute approximate surface area is 87.1 Å². The molecule has 1 saturated heterocycles. The molecule has 15 heavy (non-hydrogen) atoms. The molecule has 1 aliphatic rings. The summed E-state index contributed by atoms with van der Waals surface area (Å²) in [4.78, 5) is 23.4. The number of anilines is 2. The van der Waals surface area contributed by atoms with Crippen molar-refractivity contribution in [3.8, 4) is 0 Å². The van der Waals surface area contributed by atoms with Gasteiger partial charge in [-0.1, -0.05) is 12.1 Å². The quantitative estimate of drug-likeness (QED) is 0.716. The Kier molecular flexibility index (Phi) is 2.53. The van der Waals surface area contributed by atoms with Gasteiger partial charge >= 0.3 is 6.03 Å². The number of nitrogens with zero attached hydrogens (tertiary/aromatic N) is 1. The number of hydrogen-bond donors (Lipinski definition) is 2. The summed E-state index contributed by atoms with van der Waals surface area (Å²) >= 11 is 0. The molecule has 1 fully saturated rings. The fourth-order valence-electron chi connectivity index (χ4n) is 1.60. The summed E-state index contributed by atoms with van der Waals surface area (Å²) in [6.45, 7) is 1.25. The fourth-order valence-corrected chi connectivity index (χ4v) is 1.60. The number of carbonyl (C=O) groups excluding carboxylic acids is 2. The summed E-state index contributed by atoms with van der Waals surface area (Å²) in [7, 11) is 0. The normalized spacial score (nSPS) is 14.9. The molecular weight excluding hydrogens is 194 g/mol. The summed E-state index contributed by atoms with van der Waals surface area (Å²) < 4.78 is 0. The predicted molar refractivity (Wildman–Crippen MR) is 56.9 cm³/mol. The molecule has 0 spiro atoms. The lowest BCUT2D eigenvalue weighted by molar-refractivity contribution is -0.105. The molecule has 2 rings (SSSR count). The van der Waals surface area contributed by atoms with Crippen LogP contribution in [0, 0.1) is 0 Å². The molecular formula is C10H11N3O2. The van der Waals surface area contributed by atoms with E-state index >= 15 is 0 Å². The van der Waals surface area contributed by atoms with E-state index in [-0.39, 0.29) is 6.03 Å². The molecule has 0 radical (unpaired) electrons. The topological polar surface area (TPSA) is 61.4 Å². The Balaban J connectivity index is 2.33. The van der Waals surface area contributed by atoms with Crippen LogP contribution < -0.4 is 15.5 Å². The van der Waals surface area contributed by atoms with Gasteiger partial charge in [-0.2, -0.15) is 0 Å². The van der Waals surface area contributed by atoms with Crippen molar-refractivity contribution in [1.29, 1.82) is 0 Å². The number of rotatable bonds is 3. The lowest BCUT2D eigenvalue weighted by Gasteiger charge is -2.17. The van der Waals surface area contributed by atoms with Crippen LogP contribution in [0.15, 0.2) is 24.3 Å². The third-order valence-electron chi connectivity index (χ3n) is 2.27. The van der Waals surface area contributed by atoms with Crippen LogP contribution in [0.2, 0.25) is 0 Å². The zero-order valence-corrected chi connectivity index (χ0v) is 8.06. The van der Waals surface area contributed by atoms with Crippen LogP contribution in [0.4, 0.5) is 16.2 Å². The van der Waals surface area contributed by atoms with Gasteiger partial charge in [0.2, 0.25) is 6.41 Å². The van der Waals surface area contributed by atoms with Crippen molar-refractivity contribution in [3.63, 3.8) is 0 Å². The average molecular weight is 205 g/mol. The number of para-hydroxylation sites is 2. The number of hydrogen-bond acceptors (Lipinski definition) is 2. The first-order valence-corrected chi connectivity index (χ1v) is 4.67. The van der Waals surface area contributed by atoms with Crippen molar-refractivity contribution in [2.45, 2.75) is 0 Å². The van der Waals surface area contributed by atoms with E-state index in [1.54, 1.807) is 17.0 Å². The molecule has 0 atom stereocenters. The maximum absolute atomic E-state index is 11.4. The van der Waals surface area contributed by atoms with Gasteiger partial charge in [0.15, 0.2) is 0 Å². The summed E-state index contributed by atoms with van der Waals surface area (Å²) in [5, 5.41) is 5.28. The number of urea groups is 1. The highest BCUT2D eigenvalue weighted by Gasteiger charge is 2.22. The van der Waals surface area contributed by atoms with Crippen LogP contribution in [0.3, 0.4) is 0 Å². The lowest BCUT2D eigenvalue weighted by atomic mass is 10.2. The smallest absolute Gasteiger partial charge is 0.322 e. The van der Waals surface area contributed by atoms with Gasteiger partial charge in [-0.05, 0) is 12.1 Å². The third kappa shape index (κ3) is 1.76. The predicted octanol–water partition coefficient (Wildman–Crippen LogP) is 0.784. The highest BCUT2D eigenvalue weighted by Crippen LogP contribution is 2.25. The van der Waals surface area contributed by atoms with Crippen molar-refractivity contribution in [2.75, 3.05) is 23.3 Å². The van der Waals surface area contributed by atoms with Crippen molar-refractivity contribution < 1.29 is 9.59 Å². The maximum atomic E-state index is 11.4. The first-order valence-electron chi connectivity index (χ1n) is 4.67. The van der Waals surface area contributed by atoms with Crippen LogP contribution in [0.25, 0.3) is 0 Å². The second-order valence-electron chi connectivity index (χ2n) is 3.16. The molecule has 0 saturated carbocycles. The zero-order valence-electron chi connectivity index (χ0n) is 8.06.